The van der Waals surface area contributed by atoms with Crippen molar-refractivity contribution in [2.75, 3.05) is 5.32 Å². The molecule has 0 atom stereocenters. The van der Waals surface area contributed by atoms with Gasteiger partial charge in [0, 0.05) is 0 Å². The predicted octanol–water partition coefficient (Wildman–Crippen LogP) is 1.75. The number of nitrogens with one attached hydrogen (secondary N) is 1. The van der Waals surface area contributed by atoms with Gasteiger partial charge in [0.25, 0.3) is 0 Å². The van der Waals surface area contributed by atoms with Crippen molar-refractivity contribution in [1.82, 2.24) is 9.97 Å². The summed E-state index contributed by atoms with van der Waals surface area (Å²) in [5, 5.41) is 2.81. The summed E-state index contributed by atoms with van der Waals surface area (Å²) in [6.45, 7) is 5.11. The first-order chi connectivity index (χ1) is 6.46. The maximum absolute atomic E-state index is 13.4. The van der Waals surface area contributed by atoms with Crippen molar-refractivity contribution in [3.8, 4) is 12.3 Å². The van der Waals surface area contributed by atoms with Crippen LogP contribution in [0.2, 0.25) is 0 Å². The lowest BCUT2D eigenvalue weighted by atomic mass is 10.1. The van der Waals surface area contributed by atoms with E-state index in [1.54, 1.807) is 20.8 Å². The maximum atomic E-state index is 13.4. The standard InChI is InChI=1S/C10H12FN3/c1-5-10(3,4)14-9-8(11)7(2)12-6-13-9/h1,6H,2-4H3,(H,12,13,14). The van der Waals surface area contributed by atoms with Gasteiger partial charge in [0.05, 0.1) is 11.2 Å². The van der Waals surface area contributed by atoms with Crippen LogP contribution in [-0.2, 0) is 0 Å². The molecule has 1 N–H and O–H groups in total. The van der Waals surface area contributed by atoms with E-state index >= 15 is 0 Å². The molecule has 14 heavy (non-hydrogen) atoms. The second-order valence-corrected chi connectivity index (χ2v) is 3.52. The molecule has 0 saturated carbocycles. The van der Waals surface area contributed by atoms with Crippen LogP contribution < -0.4 is 5.32 Å². The number of hydrogen-bond donors (Lipinski definition) is 1. The van der Waals surface area contributed by atoms with Crippen LogP contribution in [0.1, 0.15) is 19.5 Å². The lowest BCUT2D eigenvalue weighted by Gasteiger charge is -2.20. The van der Waals surface area contributed by atoms with E-state index in [2.05, 4.69) is 21.2 Å². The second kappa shape index (κ2) is 3.62. The van der Waals surface area contributed by atoms with Crippen LogP contribution in [0.25, 0.3) is 0 Å². The number of aromatic nitrogens is 2. The largest absolute Gasteiger partial charge is 0.352 e. The van der Waals surface area contributed by atoms with Crippen LogP contribution in [0.4, 0.5) is 10.2 Å². The summed E-state index contributed by atoms with van der Waals surface area (Å²) < 4.78 is 13.4. The van der Waals surface area contributed by atoms with Crippen molar-refractivity contribution < 1.29 is 4.39 Å². The molecule has 1 rings (SSSR count). The van der Waals surface area contributed by atoms with Crippen molar-refractivity contribution in [2.24, 2.45) is 0 Å². The molecule has 0 aromatic carbocycles. The van der Waals surface area contributed by atoms with E-state index in [1.807, 2.05) is 0 Å². The Morgan fingerprint density at radius 3 is 2.71 bits per heavy atom. The fourth-order valence-electron chi connectivity index (χ4n) is 0.877. The zero-order valence-corrected chi connectivity index (χ0v) is 8.43. The average molecular weight is 193 g/mol. The van der Waals surface area contributed by atoms with E-state index in [0.29, 0.717) is 5.69 Å². The highest BCUT2D eigenvalue weighted by Crippen LogP contribution is 2.16. The number of nitrogens with zero attached hydrogens (tertiary/aromatic N) is 2. The van der Waals surface area contributed by atoms with E-state index in [-0.39, 0.29) is 5.82 Å². The highest BCUT2D eigenvalue weighted by molar-refractivity contribution is 5.42. The SMILES string of the molecule is C#CC(C)(C)Nc1ncnc(C)c1F. The van der Waals surface area contributed by atoms with Gasteiger partial charge in [-0.05, 0) is 20.8 Å². The van der Waals surface area contributed by atoms with Crippen LogP contribution >= 0.6 is 0 Å². The fraction of sp³-hybridized carbons (Fsp3) is 0.400. The molecule has 1 aromatic heterocycles. The zero-order valence-electron chi connectivity index (χ0n) is 8.43. The zero-order chi connectivity index (χ0) is 10.8. The molecular weight excluding hydrogens is 181 g/mol. The van der Waals surface area contributed by atoms with Gasteiger partial charge in [-0.15, -0.1) is 6.42 Å². The third kappa shape index (κ3) is 2.19. The Bertz CT molecular complexity index is 379. The van der Waals surface area contributed by atoms with E-state index in [9.17, 15) is 4.39 Å². The van der Waals surface area contributed by atoms with Crippen LogP contribution in [0.5, 0.6) is 0 Å². The predicted molar refractivity (Wildman–Crippen MR) is 53.3 cm³/mol. The molecule has 0 spiro atoms. The fourth-order valence-corrected chi connectivity index (χ4v) is 0.877. The first-order valence-electron chi connectivity index (χ1n) is 4.19. The van der Waals surface area contributed by atoms with Crippen LogP contribution in [-0.4, -0.2) is 15.5 Å². The van der Waals surface area contributed by atoms with Crippen molar-refractivity contribution >= 4 is 5.82 Å². The van der Waals surface area contributed by atoms with Gasteiger partial charge in [0.15, 0.2) is 11.6 Å². The second-order valence-electron chi connectivity index (χ2n) is 3.52. The summed E-state index contributed by atoms with van der Waals surface area (Å²) in [4.78, 5) is 7.50. The Morgan fingerprint density at radius 1 is 1.50 bits per heavy atom. The molecule has 0 aliphatic heterocycles. The highest BCUT2D eigenvalue weighted by atomic mass is 19.1. The molecule has 4 heteroatoms. The van der Waals surface area contributed by atoms with Gasteiger partial charge in [0.2, 0.25) is 0 Å². The summed E-state index contributed by atoms with van der Waals surface area (Å²) in [7, 11) is 0. The number of aryl methyl sites for hydroxylation is 1. The summed E-state index contributed by atoms with van der Waals surface area (Å²) in [6, 6.07) is 0. The van der Waals surface area contributed by atoms with Gasteiger partial charge >= 0.3 is 0 Å². The van der Waals surface area contributed by atoms with Gasteiger partial charge in [-0.25, -0.2) is 14.4 Å². The number of halogens is 1. The molecule has 0 aliphatic carbocycles. The number of rotatable bonds is 2. The van der Waals surface area contributed by atoms with Gasteiger partial charge in [-0.2, -0.15) is 0 Å². The Morgan fingerprint density at radius 2 is 2.14 bits per heavy atom. The first kappa shape index (κ1) is 10.5. The van der Waals surface area contributed by atoms with Gasteiger partial charge in [-0.3, -0.25) is 0 Å². The molecule has 1 aromatic rings. The lowest BCUT2D eigenvalue weighted by molar-refractivity contribution is 0.596. The third-order valence-corrected chi connectivity index (χ3v) is 1.76. The average Bonchev–Trinajstić information content (AvgIpc) is 2.13. The van der Waals surface area contributed by atoms with Crippen molar-refractivity contribution in [3.63, 3.8) is 0 Å². The van der Waals surface area contributed by atoms with E-state index in [4.69, 9.17) is 6.42 Å². The van der Waals surface area contributed by atoms with Crippen LogP contribution in [0.3, 0.4) is 0 Å². The minimum Gasteiger partial charge on any atom is -0.352 e. The monoisotopic (exact) mass is 193 g/mol. The Hall–Kier alpha value is -1.63. The van der Waals surface area contributed by atoms with Gasteiger partial charge < -0.3 is 5.32 Å². The van der Waals surface area contributed by atoms with E-state index in [0.717, 1.165) is 0 Å². The first-order valence-corrected chi connectivity index (χ1v) is 4.19. The van der Waals surface area contributed by atoms with Crippen molar-refractivity contribution in [2.45, 2.75) is 26.3 Å². The molecule has 3 nitrogen and oxygen atoms in total. The molecule has 0 saturated heterocycles. The number of hydrogen-bond acceptors (Lipinski definition) is 3. The quantitative estimate of drug-likeness (QED) is 0.727. The summed E-state index contributed by atoms with van der Waals surface area (Å²) >= 11 is 0. The molecule has 0 fully saturated rings. The summed E-state index contributed by atoms with van der Waals surface area (Å²) in [6.07, 6.45) is 6.56. The van der Waals surface area contributed by atoms with E-state index < -0.39 is 11.4 Å². The molecular formula is C10H12FN3. The minimum atomic E-state index is -0.623. The molecule has 0 bridgehead atoms. The maximum Gasteiger partial charge on any atom is 0.186 e. The van der Waals surface area contributed by atoms with Crippen molar-refractivity contribution in [3.05, 3.63) is 17.8 Å². The molecule has 74 valence electrons. The van der Waals surface area contributed by atoms with Crippen LogP contribution in [0.15, 0.2) is 6.33 Å². The number of anilines is 1. The molecule has 0 unspecified atom stereocenters. The lowest BCUT2D eigenvalue weighted by Crippen LogP contribution is -2.29. The van der Waals surface area contributed by atoms with Gasteiger partial charge in [-0.1, -0.05) is 5.92 Å². The normalized spacial score (nSPS) is 10.8. The molecule has 1 heterocycles. The third-order valence-electron chi connectivity index (χ3n) is 1.76. The smallest absolute Gasteiger partial charge is 0.186 e. The van der Waals surface area contributed by atoms with Crippen LogP contribution in [0, 0.1) is 25.1 Å². The Labute approximate surface area is 82.8 Å². The summed E-state index contributed by atoms with van der Waals surface area (Å²) in [5.41, 5.74) is -0.322. The van der Waals surface area contributed by atoms with Crippen molar-refractivity contribution in [1.29, 1.82) is 0 Å². The Kier molecular flexibility index (Phi) is 2.70. The minimum absolute atomic E-state index is 0.139. The molecule has 0 aliphatic rings. The highest BCUT2D eigenvalue weighted by Gasteiger charge is 2.17. The molecule has 0 amide bonds. The Balaban J connectivity index is 3.00. The van der Waals surface area contributed by atoms with E-state index in [1.165, 1.54) is 6.33 Å². The number of terminal acetylenes is 1. The topological polar surface area (TPSA) is 37.8 Å². The molecule has 0 radical (unpaired) electrons. The summed E-state index contributed by atoms with van der Waals surface area (Å²) in [5.74, 6) is 2.18. The van der Waals surface area contributed by atoms with Gasteiger partial charge in [0.1, 0.15) is 6.33 Å².